The van der Waals surface area contributed by atoms with Crippen LogP contribution < -0.4 is 10.5 Å². The molecule has 0 aliphatic carbocycles. The van der Waals surface area contributed by atoms with Crippen molar-refractivity contribution in [2.75, 3.05) is 5.73 Å². The maximum absolute atomic E-state index is 10.7. The Kier molecular flexibility index (Phi) is 3.09. The Bertz CT molecular complexity index is 599. The van der Waals surface area contributed by atoms with Crippen molar-refractivity contribution in [1.29, 1.82) is 0 Å². The molecule has 1 heterocycles. The molecule has 0 saturated heterocycles. The third kappa shape index (κ3) is 2.54. The van der Waals surface area contributed by atoms with Gasteiger partial charge in [0.15, 0.2) is 0 Å². The zero-order valence-corrected chi connectivity index (χ0v) is 9.66. The number of ether oxygens (including phenoxy) is 1. The van der Waals surface area contributed by atoms with Gasteiger partial charge in [-0.25, -0.2) is 0 Å². The molecule has 1 aromatic carbocycles. The summed E-state index contributed by atoms with van der Waals surface area (Å²) in [6.07, 6.45) is 3.03. The first-order valence-electron chi connectivity index (χ1n) is 5.19. The molecule has 2 aromatic rings. The fourth-order valence-corrected chi connectivity index (χ4v) is 1.52. The van der Waals surface area contributed by atoms with Crippen molar-refractivity contribution in [3.05, 3.63) is 52.3 Å². The van der Waals surface area contributed by atoms with Crippen LogP contribution in [0.15, 0.2) is 36.7 Å². The van der Waals surface area contributed by atoms with E-state index in [0.717, 1.165) is 0 Å². The van der Waals surface area contributed by atoms with E-state index in [1.54, 1.807) is 19.1 Å². The number of nitrogen functional groups attached to an aromatic ring is 1. The van der Waals surface area contributed by atoms with Crippen molar-refractivity contribution in [3.63, 3.8) is 0 Å². The van der Waals surface area contributed by atoms with E-state index in [9.17, 15) is 10.1 Å². The van der Waals surface area contributed by atoms with Gasteiger partial charge in [0, 0.05) is 17.7 Å². The Morgan fingerprint density at radius 2 is 2.06 bits per heavy atom. The highest BCUT2D eigenvalue weighted by Gasteiger charge is 2.11. The topological polar surface area (TPSA) is 91.3 Å². The number of nitrogens with zero attached hydrogens (tertiary/aromatic N) is 2. The van der Waals surface area contributed by atoms with E-state index in [1.807, 2.05) is 0 Å². The number of nitro benzene ring substituents is 1. The molecule has 0 fully saturated rings. The van der Waals surface area contributed by atoms with Gasteiger partial charge in [0.2, 0.25) is 0 Å². The summed E-state index contributed by atoms with van der Waals surface area (Å²) in [4.78, 5) is 14.1. The first kappa shape index (κ1) is 11.8. The standard InChI is InChI=1S/C12H11N3O3/c1-8-4-10(2-3-12(8)15(16)17)18-11-5-9(13)6-14-7-11/h2-7H,13H2,1H3. The molecule has 0 saturated carbocycles. The van der Waals surface area contributed by atoms with Crippen LogP contribution in [0.1, 0.15) is 5.56 Å². The van der Waals surface area contributed by atoms with Crippen LogP contribution >= 0.6 is 0 Å². The van der Waals surface area contributed by atoms with Gasteiger partial charge in [-0.3, -0.25) is 15.1 Å². The fraction of sp³-hybridized carbons (Fsp3) is 0.0833. The number of pyridine rings is 1. The lowest BCUT2D eigenvalue weighted by atomic mass is 10.2. The van der Waals surface area contributed by atoms with E-state index in [4.69, 9.17) is 10.5 Å². The molecule has 6 nitrogen and oxygen atoms in total. The second-order valence-electron chi connectivity index (χ2n) is 3.76. The summed E-state index contributed by atoms with van der Waals surface area (Å²) in [5.74, 6) is 0.994. The molecule has 1 aromatic heterocycles. The molecule has 0 unspecified atom stereocenters. The number of rotatable bonds is 3. The van der Waals surface area contributed by atoms with E-state index in [1.165, 1.54) is 24.5 Å². The minimum atomic E-state index is -0.429. The van der Waals surface area contributed by atoms with Gasteiger partial charge in [-0.05, 0) is 19.1 Å². The second kappa shape index (κ2) is 4.70. The minimum Gasteiger partial charge on any atom is -0.456 e. The average Bonchev–Trinajstić information content (AvgIpc) is 2.28. The SMILES string of the molecule is Cc1cc(Oc2cncc(N)c2)ccc1[N+](=O)[O-]. The number of hydrogen-bond acceptors (Lipinski definition) is 5. The normalized spacial score (nSPS) is 10.1. The molecule has 0 bridgehead atoms. The lowest BCUT2D eigenvalue weighted by Gasteiger charge is -2.06. The number of nitro groups is 1. The molecule has 92 valence electrons. The Morgan fingerprint density at radius 3 is 2.67 bits per heavy atom. The zero-order valence-electron chi connectivity index (χ0n) is 9.66. The van der Waals surface area contributed by atoms with Crippen LogP contribution in [0.25, 0.3) is 0 Å². The van der Waals surface area contributed by atoms with E-state index in [0.29, 0.717) is 22.7 Å². The summed E-state index contributed by atoms with van der Waals surface area (Å²) in [7, 11) is 0. The van der Waals surface area contributed by atoms with Gasteiger partial charge < -0.3 is 10.5 Å². The molecule has 18 heavy (non-hydrogen) atoms. The molecule has 0 radical (unpaired) electrons. The number of anilines is 1. The van der Waals surface area contributed by atoms with E-state index in [2.05, 4.69) is 4.98 Å². The molecule has 0 atom stereocenters. The Labute approximate surface area is 103 Å². The van der Waals surface area contributed by atoms with Crippen molar-refractivity contribution >= 4 is 11.4 Å². The van der Waals surface area contributed by atoms with Crippen LogP contribution in [-0.4, -0.2) is 9.91 Å². The van der Waals surface area contributed by atoms with Crippen LogP contribution in [0.3, 0.4) is 0 Å². The maximum atomic E-state index is 10.7. The van der Waals surface area contributed by atoms with Crippen molar-refractivity contribution in [3.8, 4) is 11.5 Å². The van der Waals surface area contributed by atoms with Crippen molar-refractivity contribution in [2.24, 2.45) is 0 Å². The first-order valence-corrected chi connectivity index (χ1v) is 5.19. The molecule has 2 rings (SSSR count). The van der Waals surface area contributed by atoms with Crippen LogP contribution in [0.5, 0.6) is 11.5 Å². The summed E-state index contributed by atoms with van der Waals surface area (Å²) in [6, 6.07) is 6.17. The van der Waals surface area contributed by atoms with E-state index < -0.39 is 4.92 Å². The summed E-state index contributed by atoms with van der Waals surface area (Å²) in [5, 5.41) is 10.7. The van der Waals surface area contributed by atoms with Gasteiger partial charge in [-0.2, -0.15) is 0 Å². The van der Waals surface area contributed by atoms with Crippen molar-refractivity contribution in [1.82, 2.24) is 4.98 Å². The highest BCUT2D eigenvalue weighted by molar-refractivity contribution is 5.47. The quantitative estimate of drug-likeness (QED) is 0.663. The van der Waals surface area contributed by atoms with Crippen LogP contribution in [-0.2, 0) is 0 Å². The lowest BCUT2D eigenvalue weighted by molar-refractivity contribution is -0.385. The van der Waals surface area contributed by atoms with Gasteiger partial charge in [0.05, 0.1) is 23.0 Å². The summed E-state index contributed by atoms with van der Waals surface area (Å²) in [6.45, 7) is 1.66. The lowest BCUT2D eigenvalue weighted by Crippen LogP contribution is -1.93. The van der Waals surface area contributed by atoms with E-state index >= 15 is 0 Å². The number of aromatic nitrogens is 1. The van der Waals surface area contributed by atoms with Crippen molar-refractivity contribution in [2.45, 2.75) is 6.92 Å². The molecular formula is C12H11N3O3. The first-order chi connectivity index (χ1) is 8.56. The van der Waals surface area contributed by atoms with Gasteiger partial charge in [0.25, 0.3) is 5.69 Å². The van der Waals surface area contributed by atoms with Gasteiger partial charge in [0.1, 0.15) is 11.5 Å². The number of aryl methyl sites for hydroxylation is 1. The van der Waals surface area contributed by atoms with E-state index in [-0.39, 0.29) is 5.69 Å². The largest absolute Gasteiger partial charge is 0.456 e. The van der Waals surface area contributed by atoms with Crippen molar-refractivity contribution < 1.29 is 9.66 Å². The smallest absolute Gasteiger partial charge is 0.272 e. The number of hydrogen-bond donors (Lipinski definition) is 1. The van der Waals surface area contributed by atoms with Crippen LogP contribution in [0.4, 0.5) is 11.4 Å². The fourth-order valence-electron chi connectivity index (χ4n) is 1.52. The van der Waals surface area contributed by atoms with Crippen LogP contribution in [0, 0.1) is 17.0 Å². The molecule has 0 aliphatic heterocycles. The predicted molar refractivity (Wildman–Crippen MR) is 66.6 cm³/mol. The number of benzene rings is 1. The Balaban J connectivity index is 2.25. The average molecular weight is 245 g/mol. The highest BCUT2D eigenvalue weighted by Crippen LogP contribution is 2.27. The summed E-state index contributed by atoms with van der Waals surface area (Å²) >= 11 is 0. The Morgan fingerprint density at radius 1 is 1.28 bits per heavy atom. The molecular weight excluding hydrogens is 234 g/mol. The molecule has 0 amide bonds. The molecule has 6 heteroatoms. The minimum absolute atomic E-state index is 0.0630. The zero-order chi connectivity index (χ0) is 13.1. The second-order valence-corrected chi connectivity index (χ2v) is 3.76. The monoisotopic (exact) mass is 245 g/mol. The van der Waals surface area contributed by atoms with Gasteiger partial charge in [-0.1, -0.05) is 0 Å². The third-order valence-corrected chi connectivity index (χ3v) is 2.33. The molecule has 2 N–H and O–H groups in total. The molecule has 0 aliphatic rings. The summed E-state index contributed by atoms with van der Waals surface area (Å²) in [5.41, 5.74) is 6.67. The number of nitrogens with two attached hydrogens (primary N) is 1. The van der Waals surface area contributed by atoms with Gasteiger partial charge in [-0.15, -0.1) is 0 Å². The third-order valence-electron chi connectivity index (χ3n) is 2.33. The highest BCUT2D eigenvalue weighted by atomic mass is 16.6. The Hall–Kier alpha value is -2.63. The molecule has 0 spiro atoms. The predicted octanol–water partition coefficient (Wildman–Crippen LogP) is 2.67. The summed E-state index contributed by atoms with van der Waals surface area (Å²) < 4.78 is 5.51. The van der Waals surface area contributed by atoms with Crippen LogP contribution in [0.2, 0.25) is 0 Å². The van der Waals surface area contributed by atoms with Gasteiger partial charge >= 0.3 is 0 Å². The maximum Gasteiger partial charge on any atom is 0.272 e.